The summed E-state index contributed by atoms with van der Waals surface area (Å²) in [7, 11) is 0. The van der Waals surface area contributed by atoms with Crippen molar-refractivity contribution >= 4 is 23.3 Å². The fraction of sp³-hybridized carbons (Fsp3) is 0.464. The van der Waals surface area contributed by atoms with Crippen LogP contribution in [0.15, 0.2) is 60.8 Å². The van der Waals surface area contributed by atoms with Gasteiger partial charge in [0.25, 0.3) is 0 Å². The Bertz CT molecular complexity index is 880. The van der Waals surface area contributed by atoms with Gasteiger partial charge in [-0.25, -0.2) is 0 Å². The predicted molar refractivity (Wildman–Crippen MR) is 136 cm³/mol. The van der Waals surface area contributed by atoms with Crippen molar-refractivity contribution in [1.82, 2.24) is 4.98 Å². The van der Waals surface area contributed by atoms with E-state index in [1.807, 2.05) is 12.3 Å². The van der Waals surface area contributed by atoms with Crippen molar-refractivity contribution in [1.29, 1.82) is 0 Å². The minimum Gasteiger partial charge on any atom is -0.493 e. The van der Waals surface area contributed by atoms with Crippen molar-refractivity contribution in [2.45, 2.75) is 77.6 Å². The van der Waals surface area contributed by atoms with E-state index < -0.39 is 0 Å². The van der Waals surface area contributed by atoms with Crippen molar-refractivity contribution in [2.75, 3.05) is 6.61 Å². The van der Waals surface area contributed by atoms with Crippen LogP contribution in [0.3, 0.4) is 0 Å². The molecule has 31 heavy (non-hydrogen) atoms. The molecule has 1 heterocycles. The molecule has 3 aromatic rings. The summed E-state index contributed by atoms with van der Waals surface area (Å²) in [5.41, 5.74) is 3.60. The molecule has 0 aliphatic carbocycles. The van der Waals surface area contributed by atoms with Crippen LogP contribution < -0.4 is 4.74 Å². The lowest BCUT2D eigenvalue weighted by atomic mass is 10.0. The third-order valence-corrected chi connectivity index (χ3v) is 5.79. The summed E-state index contributed by atoms with van der Waals surface area (Å²) in [6.07, 6.45) is 16.2. The Kier molecular flexibility index (Phi) is 12.1. The van der Waals surface area contributed by atoms with E-state index in [0.29, 0.717) is 0 Å². The van der Waals surface area contributed by atoms with E-state index in [1.54, 1.807) is 0 Å². The van der Waals surface area contributed by atoms with Gasteiger partial charge in [-0.05, 0) is 41.8 Å². The van der Waals surface area contributed by atoms with E-state index in [9.17, 15) is 0 Å². The van der Waals surface area contributed by atoms with Gasteiger partial charge >= 0.3 is 0 Å². The van der Waals surface area contributed by atoms with E-state index in [-0.39, 0.29) is 12.4 Å². The van der Waals surface area contributed by atoms with E-state index in [2.05, 4.69) is 60.4 Å². The van der Waals surface area contributed by atoms with Crippen molar-refractivity contribution < 1.29 is 4.74 Å². The molecule has 2 aromatic carbocycles. The number of benzene rings is 2. The lowest BCUT2D eigenvalue weighted by Crippen LogP contribution is -2.01. The Morgan fingerprint density at radius 3 is 2.23 bits per heavy atom. The van der Waals surface area contributed by atoms with Gasteiger partial charge in [-0.1, -0.05) is 95.0 Å². The Labute approximate surface area is 194 Å². The average Bonchev–Trinajstić information content (AvgIpc) is 2.78. The number of aromatic nitrogens is 1. The summed E-state index contributed by atoms with van der Waals surface area (Å²) in [5.74, 6) is 1.03. The van der Waals surface area contributed by atoms with Gasteiger partial charge in [0.05, 0.1) is 12.1 Å². The molecule has 0 unspecified atom stereocenters. The largest absolute Gasteiger partial charge is 0.493 e. The predicted octanol–water partition coefficient (Wildman–Crippen LogP) is 8.55. The maximum absolute atomic E-state index is 6.16. The Balaban J connectivity index is 0.00000341. The van der Waals surface area contributed by atoms with Crippen LogP contribution in [0.2, 0.25) is 0 Å². The summed E-state index contributed by atoms with van der Waals surface area (Å²) in [5, 5.41) is 1.19. The van der Waals surface area contributed by atoms with E-state index in [1.165, 1.54) is 74.3 Å². The maximum atomic E-state index is 6.16. The number of rotatable bonds is 14. The van der Waals surface area contributed by atoms with Crippen LogP contribution in [0.5, 0.6) is 5.75 Å². The van der Waals surface area contributed by atoms with Crippen molar-refractivity contribution in [2.24, 2.45) is 0 Å². The molecule has 2 nitrogen and oxygen atoms in total. The molecular weight excluding hydrogens is 402 g/mol. The molecule has 3 heteroatoms. The molecule has 0 aliphatic heterocycles. The Morgan fingerprint density at radius 1 is 0.742 bits per heavy atom. The second-order valence-electron chi connectivity index (χ2n) is 8.35. The van der Waals surface area contributed by atoms with Gasteiger partial charge in [0.15, 0.2) is 0 Å². The average molecular weight is 440 g/mol. The fourth-order valence-corrected chi connectivity index (χ4v) is 4.02. The van der Waals surface area contributed by atoms with Crippen LogP contribution in [-0.4, -0.2) is 11.6 Å². The molecular formula is C28H38ClNO. The number of hydrogen-bond donors (Lipinski definition) is 0. The number of para-hydroxylation sites is 1. The summed E-state index contributed by atoms with van der Waals surface area (Å²) in [6.45, 7) is 3.09. The van der Waals surface area contributed by atoms with Crippen molar-refractivity contribution in [3.63, 3.8) is 0 Å². The van der Waals surface area contributed by atoms with Crippen LogP contribution in [-0.2, 0) is 6.42 Å². The highest BCUT2D eigenvalue weighted by Gasteiger charge is 2.05. The molecule has 0 atom stereocenters. The van der Waals surface area contributed by atoms with Crippen LogP contribution in [0, 0.1) is 0 Å². The molecule has 0 aliphatic rings. The molecule has 0 spiro atoms. The lowest BCUT2D eigenvalue weighted by Gasteiger charge is -2.12. The van der Waals surface area contributed by atoms with Gasteiger partial charge in [-0.3, -0.25) is 4.98 Å². The van der Waals surface area contributed by atoms with Gasteiger partial charge in [-0.15, -0.1) is 12.4 Å². The van der Waals surface area contributed by atoms with E-state index in [4.69, 9.17) is 4.74 Å². The number of fused-ring (bicyclic) bond motifs is 1. The van der Waals surface area contributed by atoms with Gasteiger partial charge in [0, 0.05) is 18.0 Å². The molecule has 0 fully saturated rings. The monoisotopic (exact) mass is 439 g/mol. The summed E-state index contributed by atoms with van der Waals surface area (Å²) < 4.78 is 6.16. The van der Waals surface area contributed by atoms with Gasteiger partial charge < -0.3 is 4.74 Å². The smallest absolute Gasteiger partial charge is 0.122 e. The van der Waals surface area contributed by atoms with E-state index in [0.717, 1.165) is 30.7 Å². The molecule has 168 valence electrons. The highest BCUT2D eigenvalue weighted by Crippen LogP contribution is 2.23. The normalized spacial score (nSPS) is 10.7. The number of pyridine rings is 1. The van der Waals surface area contributed by atoms with Gasteiger partial charge in [0.1, 0.15) is 5.75 Å². The van der Waals surface area contributed by atoms with Crippen LogP contribution in [0.1, 0.15) is 82.3 Å². The lowest BCUT2D eigenvalue weighted by molar-refractivity contribution is 0.301. The molecule has 3 rings (SSSR count). The molecule has 0 bridgehead atoms. The molecule has 0 saturated heterocycles. The summed E-state index contributed by atoms with van der Waals surface area (Å²) >= 11 is 0. The van der Waals surface area contributed by atoms with Crippen LogP contribution >= 0.6 is 12.4 Å². The second kappa shape index (κ2) is 14.9. The topological polar surface area (TPSA) is 22.1 Å². The van der Waals surface area contributed by atoms with Gasteiger partial charge in [0.2, 0.25) is 0 Å². The third-order valence-electron chi connectivity index (χ3n) is 5.79. The molecule has 0 N–H and O–H groups in total. The van der Waals surface area contributed by atoms with Crippen LogP contribution in [0.25, 0.3) is 10.9 Å². The van der Waals surface area contributed by atoms with Crippen molar-refractivity contribution in [3.05, 3.63) is 71.9 Å². The fourth-order valence-electron chi connectivity index (χ4n) is 4.02. The van der Waals surface area contributed by atoms with Gasteiger partial charge in [-0.2, -0.15) is 0 Å². The first-order valence-corrected chi connectivity index (χ1v) is 11.9. The summed E-state index contributed by atoms with van der Waals surface area (Å²) in [4.78, 5) is 4.42. The Morgan fingerprint density at radius 2 is 1.45 bits per heavy atom. The van der Waals surface area contributed by atoms with Crippen molar-refractivity contribution in [3.8, 4) is 5.75 Å². The standard InChI is InChI=1S/C28H37NO.ClH/c1-2-3-4-5-6-7-8-9-10-13-21-30-28-17-12-11-15-26(28)23-24-18-19-27-25(22-24)16-14-20-29-27;/h11-12,14-20,22H,2-10,13,21,23H2,1H3;1H. The first-order valence-electron chi connectivity index (χ1n) is 11.9. The SMILES string of the molecule is CCCCCCCCCCCCOc1ccccc1Cc1ccc2ncccc2c1.Cl. The highest BCUT2D eigenvalue weighted by molar-refractivity contribution is 5.85. The van der Waals surface area contributed by atoms with E-state index >= 15 is 0 Å². The van der Waals surface area contributed by atoms with Crippen LogP contribution in [0.4, 0.5) is 0 Å². The highest BCUT2D eigenvalue weighted by atomic mass is 35.5. The minimum absolute atomic E-state index is 0. The Hall–Kier alpha value is -2.06. The maximum Gasteiger partial charge on any atom is 0.122 e. The molecule has 1 aromatic heterocycles. The summed E-state index contributed by atoms with van der Waals surface area (Å²) in [6, 6.07) is 19.1. The second-order valence-corrected chi connectivity index (χ2v) is 8.35. The third kappa shape index (κ3) is 8.91. The number of nitrogens with zero attached hydrogens (tertiary/aromatic N) is 1. The molecule has 0 radical (unpaired) electrons. The quantitative estimate of drug-likeness (QED) is 0.235. The molecule has 0 amide bonds. The number of hydrogen-bond acceptors (Lipinski definition) is 2. The first kappa shape index (κ1) is 25.2. The number of unbranched alkanes of at least 4 members (excludes halogenated alkanes) is 9. The zero-order valence-corrected chi connectivity index (χ0v) is 19.8. The number of ether oxygens (including phenoxy) is 1. The first-order chi connectivity index (χ1) is 14.9. The number of halogens is 1. The molecule has 0 saturated carbocycles. The zero-order valence-electron chi connectivity index (χ0n) is 19.0. The minimum atomic E-state index is 0. The zero-order chi connectivity index (χ0) is 20.9.